The number of anilines is 1. The average molecular weight is 462 g/mol. The number of carbonyl (C=O) groups excluding carboxylic acids is 2. The fraction of sp³-hybridized carbons (Fsp3) is 0.364. The zero-order chi connectivity index (χ0) is 23.1. The number of benzene rings is 2. The number of hydrogen-bond donors (Lipinski definition) is 2. The van der Waals surface area contributed by atoms with E-state index in [4.69, 9.17) is 9.47 Å². The van der Waals surface area contributed by atoms with E-state index in [2.05, 4.69) is 10.6 Å². The molecule has 0 saturated carbocycles. The number of carbonyl (C=O) groups is 2. The van der Waals surface area contributed by atoms with Crippen LogP contribution in [0.2, 0.25) is 0 Å². The first-order valence-corrected chi connectivity index (χ1v) is 11.8. The number of methoxy groups -OCH3 is 1. The number of amides is 2. The van der Waals surface area contributed by atoms with Gasteiger partial charge in [0.25, 0.3) is 5.91 Å². The van der Waals surface area contributed by atoms with Gasteiger partial charge in [-0.2, -0.15) is 4.31 Å². The molecule has 0 aliphatic carbocycles. The highest BCUT2D eigenvalue weighted by molar-refractivity contribution is 7.89. The predicted octanol–water partition coefficient (Wildman–Crippen LogP) is 2.25. The molecule has 9 nitrogen and oxygen atoms in total. The van der Waals surface area contributed by atoms with Crippen LogP contribution in [-0.4, -0.2) is 57.9 Å². The molecule has 3 rings (SSSR count). The summed E-state index contributed by atoms with van der Waals surface area (Å²) in [6.07, 6.45) is 1.59. The van der Waals surface area contributed by atoms with Crippen LogP contribution < -0.4 is 20.1 Å². The van der Waals surface area contributed by atoms with E-state index >= 15 is 0 Å². The Balaban J connectivity index is 1.65. The average Bonchev–Trinajstić information content (AvgIpc) is 3.34. The quantitative estimate of drug-likeness (QED) is 0.592. The number of nitrogens with one attached hydrogen (secondary N) is 2. The van der Waals surface area contributed by atoms with Gasteiger partial charge in [0.1, 0.15) is 16.4 Å². The van der Waals surface area contributed by atoms with Crippen molar-refractivity contribution in [2.75, 3.05) is 38.7 Å². The molecule has 2 N–H and O–H groups in total. The van der Waals surface area contributed by atoms with Gasteiger partial charge in [-0.25, -0.2) is 8.42 Å². The number of rotatable bonds is 9. The first-order chi connectivity index (χ1) is 15.3. The molecule has 0 bridgehead atoms. The second-order valence-electron chi connectivity index (χ2n) is 7.17. The molecule has 0 spiro atoms. The summed E-state index contributed by atoms with van der Waals surface area (Å²) in [5.41, 5.74) is 0.689. The van der Waals surface area contributed by atoms with E-state index in [1.165, 1.54) is 29.6 Å². The normalized spacial score (nSPS) is 14.1. The van der Waals surface area contributed by atoms with Crippen LogP contribution in [0, 0.1) is 0 Å². The van der Waals surface area contributed by atoms with Gasteiger partial charge in [0.15, 0.2) is 0 Å². The zero-order valence-electron chi connectivity index (χ0n) is 18.1. The summed E-state index contributed by atoms with van der Waals surface area (Å²) in [5.74, 6) is -0.118. The molecule has 1 fully saturated rings. The van der Waals surface area contributed by atoms with E-state index in [-0.39, 0.29) is 22.8 Å². The maximum absolute atomic E-state index is 13.0. The molecule has 2 aromatic carbocycles. The third-order valence-electron chi connectivity index (χ3n) is 4.97. The minimum absolute atomic E-state index is 0.0617. The number of sulfonamides is 1. The third-order valence-corrected chi connectivity index (χ3v) is 6.89. The summed E-state index contributed by atoms with van der Waals surface area (Å²) < 4.78 is 37.9. The highest BCUT2D eigenvalue weighted by Crippen LogP contribution is 2.29. The van der Waals surface area contributed by atoms with Crippen molar-refractivity contribution in [1.29, 1.82) is 0 Å². The van der Waals surface area contributed by atoms with Gasteiger partial charge < -0.3 is 20.1 Å². The van der Waals surface area contributed by atoms with Crippen molar-refractivity contribution in [2.24, 2.45) is 0 Å². The van der Waals surface area contributed by atoms with Gasteiger partial charge in [0.05, 0.1) is 20.3 Å². The Hall–Kier alpha value is -3.11. The first kappa shape index (κ1) is 23.6. The van der Waals surface area contributed by atoms with Crippen molar-refractivity contribution in [3.05, 3.63) is 48.0 Å². The molecule has 1 heterocycles. The van der Waals surface area contributed by atoms with Crippen LogP contribution in [0.4, 0.5) is 5.69 Å². The smallest absolute Gasteiger partial charge is 0.251 e. The maximum atomic E-state index is 13.0. The maximum Gasteiger partial charge on any atom is 0.251 e. The van der Waals surface area contributed by atoms with Gasteiger partial charge in [-0.15, -0.1) is 0 Å². The molecule has 2 aromatic rings. The first-order valence-electron chi connectivity index (χ1n) is 10.3. The minimum Gasteiger partial charge on any atom is -0.495 e. The van der Waals surface area contributed by atoms with E-state index in [1.54, 1.807) is 24.3 Å². The molecule has 0 atom stereocenters. The van der Waals surface area contributed by atoms with Gasteiger partial charge in [-0.05, 0) is 62.2 Å². The lowest BCUT2D eigenvalue weighted by atomic mass is 10.2. The Kier molecular flexibility index (Phi) is 7.70. The molecule has 0 unspecified atom stereocenters. The van der Waals surface area contributed by atoms with E-state index in [9.17, 15) is 18.0 Å². The molecule has 2 amide bonds. The molecular weight excluding hydrogens is 434 g/mol. The van der Waals surface area contributed by atoms with Crippen molar-refractivity contribution in [3.63, 3.8) is 0 Å². The summed E-state index contributed by atoms with van der Waals surface area (Å²) in [4.78, 5) is 24.7. The van der Waals surface area contributed by atoms with Crippen LogP contribution in [0.1, 0.15) is 30.1 Å². The Bertz CT molecular complexity index is 1060. The molecule has 10 heteroatoms. The van der Waals surface area contributed by atoms with E-state index in [0.717, 1.165) is 12.8 Å². The van der Waals surface area contributed by atoms with Gasteiger partial charge in [0, 0.05) is 24.3 Å². The molecule has 1 saturated heterocycles. The summed E-state index contributed by atoms with van der Waals surface area (Å²) in [6.45, 7) is 3.03. The van der Waals surface area contributed by atoms with Crippen LogP contribution in [0.25, 0.3) is 0 Å². The largest absolute Gasteiger partial charge is 0.495 e. The second kappa shape index (κ2) is 10.5. The van der Waals surface area contributed by atoms with Crippen molar-refractivity contribution >= 4 is 27.5 Å². The van der Waals surface area contributed by atoms with Gasteiger partial charge in [0.2, 0.25) is 15.9 Å². The van der Waals surface area contributed by atoms with Crippen molar-refractivity contribution < 1.29 is 27.5 Å². The lowest BCUT2D eigenvalue weighted by Gasteiger charge is -2.18. The Morgan fingerprint density at radius 3 is 2.38 bits per heavy atom. The Labute approximate surface area is 187 Å². The lowest BCUT2D eigenvalue weighted by molar-refractivity contribution is -0.115. The topological polar surface area (TPSA) is 114 Å². The number of hydrogen-bond acceptors (Lipinski definition) is 6. The monoisotopic (exact) mass is 461 g/mol. The number of nitrogens with zero attached hydrogens (tertiary/aromatic N) is 1. The molecule has 0 aromatic heterocycles. The zero-order valence-corrected chi connectivity index (χ0v) is 18.9. The highest BCUT2D eigenvalue weighted by atomic mass is 32.2. The Morgan fingerprint density at radius 1 is 1.06 bits per heavy atom. The molecule has 1 aliphatic heterocycles. The number of ether oxygens (including phenoxy) is 2. The summed E-state index contributed by atoms with van der Waals surface area (Å²) in [7, 11) is -2.40. The summed E-state index contributed by atoms with van der Waals surface area (Å²) >= 11 is 0. The molecule has 32 heavy (non-hydrogen) atoms. The van der Waals surface area contributed by atoms with Gasteiger partial charge >= 0.3 is 0 Å². The van der Waals surface area contributed by atoms with E-state index in [0.29, 0.717) is 31.1 Å². The molecule has 1 aliphatic rings. The highest BCUT2D eigenvalue weighted by Gasteiger charge is 2.30. The second-order valence-corrected chi connectivity index (χ2v) is 9.07. The third kappa shape index (κ3) is 5.57. The summed E-state index contributed by atoms with van der Waals surface area (Å²) in [6, 6.07) is 11.0. The van der Waals surface area contributed by atoms with Crippen LogP contribution >= 0.6 is 0 Å². The van der Waals surface area contributed by atoms with Crippen molar-refractivity contribution in [3.8, 4) is 11.5 Å². The van der Waals surface area contributed by atoms with Gasteiger partial charge in [-0.3, -0.25) is 9.59 Å². The van der Waals surface area contributed by atoms with Crippen LogP contribution in [0.5, 0.6) is 11.5 Å². The van der Waals surface area contributed by atoms with Crippen LogP contribution in [0.15, 0.2) is 47.4 Å². The molecule has 0 radical (unpaired) electrons. The summed E-state index contributed by atoms with van der Waals surface area (Å²) in [5, 5.41) is 5.19. The lowest BCUT2D eigenvalue weighted by Crippen LogP contribution is -2.33. The minimum atomic E-state index is -3.78. The fourth-order valence-electron chi connectivity index (χ4n) is 3.36. The van der Waals surface area contributed by atoms with Crippen LogP contribution in [0.3, 0.4) is 0 Å². The Morgan fingerprint density at radius 2 is 1.75 bits per heavy atom. The SMILES string of the molecule is CCOc1ccc(NC(=O)CNC(=O)c2ccc(OC)c(S(=O)(=O)N3CCCC3)c2)cc1. The van der Waals surface area contributed by atoms with Crippen molar-refractivity contribution in [2.45, 2.75) is 24.7 Å². The van der Waals surface area contributed by atoms with E-state index in [1.807, 2.05) is 6.92 Å². The van der Waals surface area contributed by atoms with Crippen molar-refractivity contribution in [1.82, 2.24) is 9.62 Å². The van der Waals surface area contributed by atoms with Gasteiger partial charge in [-0.1, -0.05) is 0 Å². The van der Waals surface area contributed by atoms with E-state index < -0.39 is 21.8 Å². The van der Waals surface area contributed by atoms with Crippen LogP contribution in [-0.2, 0) is 14.8 Å². The molecular formula is C22H27N3O6S. The predicted molar refractivity (Wildman–Crippen MR) is 120 cm³/mol. The fourth-order valence-corrected chi connectivity index (χ4v) is 5.05. The molecule has 172 valence electrons. The standard InChI is InChI=1S/C22H27N3O6S/c1-3-31-18-9-7-17(8-10-18)24-21(26)15-23-22(27)16-6-11-19(30-2)20(14-16)32(28,29)25-12-4-5-13-25/h6-11,14H,3-5,12-13,15H2,1-2H3,(H,23,27)(H,24,26).